The Morgan fingerprint density at radius 2 is 2.05 bits per heavy atom. The highest BCUT2D eigenvalue weighted by Gasteiger charge is 2.39. The SMILES string of the molecule is Cc1cc(Br)cc(NC2(CN)CSCC(C)(C)C2)c1. The number of halogens is 1. The molecule has 1 atom stereocenters. The number of thioether (sulfide) groups is 1. The summed E-state index contributed by atoms with van der Waals surface area (Å²) in [4.78, 5) is 0. The predicted octanol–water partition coefficient (Wildman–Crippen LogP) is 4.03. The van der Waals surface area contributed by atoms with Crippen LogP contribution in [0.15, 0.2) is 22.7 Å². The maximum atomic E-state index is 6.10. The van der Waals surface area contributed by atoms with Gasteiger partial charge in [0.05, 0.1) is 5.54 Å². The van der Waals surface area contributed by atoms with E-state index in [2.05, 4.69) is 60.2 Å². The van der Waals surface area contributed by atoms with Gasteiger partial charge in [-0.2, -0.15) is 11.8 Å². The molecule has 1 fully saturated rings. The van der Waals surface area contributed by atoms with Gasteiger partial charge in [0.1, 0.15) is 0 Å². The van der Waals surface area contributed by atoms with Gasteiger partial charge in [0.15, 0.2) is 0 Å². The Hall–Kier alpha value is -0.190. The summed E-state index contributed by atoms with van der Waals surface area (Å²) in [5.41, 5.74) is 8.87. The topological polar surface area (TPSA) is 38.0 Å². The molecule has 0 saturated carbocycles. The number of aryl methyl sites for hydroxylation is 1. The third-order valence-electron chi connectivity index (χ3n) is 3.53. The largest absolute Gasteiger partial charge is 0.377 e. The van der Waals surface area contributed by atoms with Crippen LogP contribution in [0.5, 0.6) is 0 Å². The second-order valence-electron chi connectivity index (χ2n) is 6.46. The van der Waals surface area contributed by atoms with E-state index in [1.165, 1.54) is 11.3 Å². The van der Waals surface area contributed by atoms with Gasteiger partial charge in [-0.3, -0.25) is 0 Å². The van der Waals surface area contributed by atoms with Gasteiger partial charge in [-0.25, -0.2) is 0 Å². The minimum absolute atomic E-state index is 0.0135. The average Bonchev–Trinajstić information content (AvgIpc) is 2.26. The lowest BCUT2D eigenvalue weighted by Crippen LogP contribution is -2.53. The molecular weight excluding hydrogens is 320 g/mol. The number of nitrogens with two attached hydrogens (primary N) is 1. The Morgan fingerprint density at radius 1 is 1.32 bits per heavy atom. The van der Waals surface area contributed by atoms with Crippen LogP contribution < -0.4 is 11.1 Å². The normalized spacial score (nSPS) is 26.2. The molecule has 0 radical (unpaired) electrons. The maximum Gasteiger partial charge on any atom is 0.0591 e. The summed E-state index contributed by atoms with van der Waals surface area (Å²) in [6, 6.07) is 6.45. The minimum atomic E-state index is 0.0135. The van der Waals surface area contributed by atoms with Crippen molar-refractivity contribution in [2.75, 3.05) is 23.4 Å². The van der Waals surface area contributed by atoms with Crippen molar-refractivity contribution in [3.05, 3.63) is 28.2 Å². The molecule has 1 heterocycles. The van der Waals surface area contributed by atoms with Crippen molar-refractivity contribution < 1.29 is 0 Å². The zero-order valence-electron chi connectivity index (χ0n) is 11.9. The maximum absolute atomic E-state index is 6.10. The van der Waals surface area contributed by atoms with E-state index in [4.69, 9.17) is 5.73 Å². The molecule has 3 N–H and O–H groups in total. The Bertz CT molecular complexity index is 441. The fraction of sp³-hybridized carbons (Fsp3) is 0.600. The molecule has 0 spiro atoms. The Morgan fingerprint density at radius 3 is 2.63 bits per heavy atom. The third-order valence-corrected chi connectivity index (χ3v) is 5.73. The Balaban J connectivity index is 2.22. The molecule has 4 heteroatoms. The van der Waals surface area contributed by atoms with Crippen LogP contribution in [0.3, 0.4) is 0 Å². The number of anilines is 1. The van der Waals surface area contributed by atoms with Gasteiger partial charge in [-0.15, -0.1) is 0 Å². The standard InChI is InChI=1S/C15H23BrN2S/c1-11-4-12(16)6-13(5-11)18-15(8-17)7-14(2,3)9-19-10-15/h4-6,18H,7-10,17H2,1-3H3. The van der Waals surface area contributed by atoms with Crippen molar-refractivity contribution in [1.82, 2.24) is 0 Å². The zero-order valence-corrected chi connectivity index (χ0v) is 14.3. The molecule has 1 aliphatic heterocycles. The van der Waals surface area contributed by atoms with E-state index in [-0.39, 0.29) is 5.54 Å². The van der Waals surface area contributed by atoms with Crippen LogP contribution in [0.1, 0.15) is 25.8 Å². The average molecular weight is 343 g/mol. The zero-order chi connectivity index (χ0) is 14.1. The molecule has 2 rings (SSSR count). The molecule has 1 unspecified atom stereocenters. The first kappa shape index (κ1) is 15.2. The monoisotopic (exact) mass is 342 g/mol. The van der Waals surface area contributed by atoms with Gasteiger partial charge in [-0.05, 0) is 48.3 Å². The first-order valence-corrected chi connectivity index (χ1v) is 8.62. The van der Waals surface area contributed by atoms with E-state index < -0.39 is 0 Å². The molecule has 19 heavy (non-hydrogen) atoms. The van der Waals surface area contributed by atoms with E-state index in [9.17, 15) is 0 Å². The van der Waals surface area contributed by atoms with E-state index in [0.29, 0.717) is 12.0 Å². The molecule has 0 bridgehead atoms. The molecule has 1 aliphatic rings. The van der Waals surface area contributed by atoms with Crippen LogP contribution in [0.2, 0.25) is 0 Å². The molecule has 1 aromatic rings. The van der Waals surface area contributed by atoms with Crippen molar-refractivity contribution in [3.8, 4) is 0 Å². The highest BCUT2D eigenvalue weighted by Crippen LogP contribution is 2.40. The molecule has 1 saturated heterocycles. The van der Waals surface area contributed by atoms with E-state index in [0.717, 1.165) is 22.3 Å². The van der Waals surface area contributed by atoms with Gasteiger partial charge in [0.2, 0.25) is 0 Å². The van der Waals surface area contributed by atoms with Crippen LogP contribution in [-0.2, 0) is 0 Å². The lowest BCUT2D eigenvalue weighted by atomic mass is 9.79. The first-order valence-electron chi connectivity index (χ1n) is 6.67. The summed E-state index contributed by atoms with van der Waals surface area (Å²) < 4.78 is 1.12. The van der Waals surface area contributed by atoms with Crippen LogP contribution in [0.4, 0.5) is 5.69 Å². The Labute approximate surface area is 129 Å². The summed E-state index contributed by atoms with van der Waals surface area (Å²) in [6.07, 6.45) is 1.12. The molecule has 0 aromatic heterocycles. The summed E-state index contributed by atoms with van der Waals surface area (Å²) in [5.74, 6) is 2.30. The Kier molecular flexibility index (Phi) is 4.53. The van der Waals surface area contributed by atoms with Gasteiger partial charge < -0.3 is 11.1 Å². The van der Waals surface area contributed by atoms with Gasteiger partial charge in [0, 0.05) is 22.5 Å². The van der Waals surface area contributed by atoms with Crippen molar-refractivity contribution in [2.45, 2.75) is 32.7 Å². The van der Waals surface area contributed by atoms with Crippen LogP contribution in [0.25, 0.3) is 0 Å². The van der Waals surface area contributed by atoms with Crippen LogP contribution in [0, 0.1) is 12.3 Å². The first-order chi connectivity index (χ1) is 8.84. The van der Waals surface area contributed by atoms with Crippen molar-refractivity contribution in [1.29, 1.82) is 0 Å². The lowest BCUT2D eigenvalue weighted by Gasteiger charge is -2.45. The number of hydrogen-bond donors (Lipinski definition) is 2. The number of nitrogens with one attached hydrogen (secondary N) is 1. The molecular formula is C15H23BrN2S. The highest BCUT2D eigenvalue weighted by atomic mass is 79.9. The number of rotatable bonds is 3. The minimum Gasteiger partial charge on any atom is -0.377 e. The summed E-state index contributed by atoms with van der Waals surface area (Å²) in [6.45, 7) is 7.45. The van der Waals surface area contributed by atoms with E-state index in [1.807, 2.05) is 11.8 Å². The fourth-order valence-corrected chi connectivity index (χ4v) is 4.97. The molecule has 1 aromatic carbocycles. The molecule has 0 aliphatic carbocycles. The van der Waals surface area contributed by atoms with Crippen molar-refractivity contribution in [2.24, 2.45) is 11.1 Å². The lowest BCUT2D eigenvalue weighted by molar-refractivity contribution is 0.290. The van der Waals surface area contributed by atoms with Crippen molar-refractivity contribution >= 4 is 33.4 Å². The van der Waals surface area contributed by atoms with Crippen molar-refractivity contribution in [3.63, 3.8) is 0 Å². The summed E-state index contributed by atoms with van der Waals surface area (Å²) in [5, 5.41) is 3.71. The molecule has 106 valence electrons. The number of benzene rings is 1. The van der Waals surface area contributed by atoms with Crippen LogP contribution in [-0.4, -0.2) is 23.6 Å². The quantitative estimate of drug-likeness (QED) is 0.870. The van der Waals surface area contributed by atoms with Gasteiger partial charge >= 0.3 is 0 Å². The highest BCUT2D eigenvalue weighted by molar-refractivity contribution is 9.10. The van der Waals surface area contributed by atoms with E-state index in [1.54, 1.807) is 0 Å². The summed E-state index contributed by atoms with van der Waals surface area (Å²) in [7, 11) is 0. The molecule has 2 nitrogen and oxygen atoms in total. The third kappa shape index (κ3) is 3.89. The predicted molar refractivity (Wildman–Crippen MR) is 90.0 cm³/mol. The second-order valence-corrected chi connectivity index (χ2v) is 8.36. The van der Waals surface area contributed by atoms with Crippen LogP contribution >= 0.6 is 27.7 Å². The van der Waals surface area contributed by atoms with Gasteiger partial charge in [-0.1, -0.05) is 29.8 Å². The summed E-state index contributed by atoms with van der Waals surface area (Å²) >= 11 is 5.57. The second kappa shape index (κ2) is 5.66. The smallest absolute Gasteiger partial charge is 0.0591 e. The molecule has 0 amide bonds. The number of hydrogen-bond acceptors (Lipinski definition) is 3. The van der Waals surface area contributed by atoms with Gasteiger partial charge in [0.25, 0.3) is 0 Å². The van der Waals surface area contributed by atoms with E-state index >= 15 is 0 Å². The fourth-order valence-electron chi connectivity index (χ4n) is 2.92.